The van der Waals surface area contributed by atoms with Crippen LogP contribution in [0.2, 0.25) is 0 Å². The number of ether oxygens (including phenoxy) is 1. The maximum Gasteiger partial charge on any atom is 0.482 e. The summed E-state index contributed by atoms with van der Waals surface area (Å²) in [5, 5.41) is 20.5. The van der Waals surface area contributed by atoms with Crippen molar-refractivity contribution in [3.05, 3.63) is 12.7 Å². The highest BCUT2D eigenvalue weighted by Crippen LogP contribution is 2.60. The van der Waals surface area contributed by atoms with Crippen LogP contribution in [0.5, 0.6) is 0 Å². The van der Waals surface area contributed by atoms with Gasteiger partial charge in [-0.15, -0.1) is 6.42 Å². The molecule has 1 fully saturated rings. The molecule has 15 nitrogen and oxygen atoms in total. The number of rotatable bonds is 8. The van der Waals surface area contributed by atoms with Gasteiger partial charge < -0.3 is 30.5 Å². The van der Waals surface area contributed by atoms with Crippen molar-refractivity contribution >= 4 is 32.6 Å². The van der Waals surface area contributed by atoms with Gasteiger partial charge in [-0.25, -0.2) is 24.1 Å². The van der Waals surface area contributed by atoms with Crippen molar-refractivity contribution < 1.29 is 47.2 Å². The van der Waals surface area contributed by atoms with E-state index in [9.17, 15) is 29.1 Å². The first kappa shape index (κ1) is 22.7. The second kappa shape index (κ2) is 8.66. The van der Waals surface area contributed by atoms with Gasteiger partial charge in [-0.3, -0.25) is 13.6 Å². The molecule has 0 aliphatic carbocycles. The standard InChI is InChI=1S/C13H17N5O10P2/c1-2-3-25-29(21,22)28-30(23,24)26-4-7-9(19)10(20)13(27-7)18-6-17-8-11(14)15-5-16-12(8)18/h1,5-7,9-10,13,19-20H,3-4H2,(H,21,22)(H,23,24)(H2,14,15,16)/t7-,9-,10-,13-/m1/s1. The van der Waals surface area contributed by atoms with Gasteiger partial charge in [0.15, 0.2) is 17.7 Å². The smallest absolute Gasteiger partial charge is 0.387 e. The molecule has 17 heteroatoms. The van der Waals surface area contributed by atoms with E-state index in [0.717, 1.165) is 0 Å². The van der Waals surface area contributed by atoms with Crippen molar-refractivity contribution in [3.8, 4) is 12.3 Å². The molecule has 6 atom stereocenters. The van der Waals surface area contributed by atoms with Crippen molar-refractivity contribution in [1.82, 2.24) is 19.5 Å². The van der Waals surface area contributed by atoms with Crippen molar-refractivity contribution in [2.75, 3.05) is 18.9 Å². The minimum atomic E-state index is -5.11. The highest BCUT2D eigenvalue weighted by atomic mass is 31.3. The topological polar surface area (TPSA) is 222 Å². The van der Waals surface area contributed by atoms with Crippen LogP contribution >= 0.6 is 15.6 Å². The predicted octanol–water partition coefficient (Wildman–Crippen LogP) is -1.09. The van der Waals surface area contributed by atoms with E-state index in [2.05, 4.69) is 28.3 Å². The quantitative estimate of drug-likeness (QED) is 0.231. The Morgan fingerprint density at radius 3 is 2.60 bits per heavy atom. The third-order valence-electron chi connectivity index (χ3n) is 3.92. The average Bonchev–Trinajstić information content (AvgIpc) is 3.21. The fourth-order valence-electron chi connectivity index (χ4n) is 2.62. The second-order valence-corrected chi connectivity index (χ2v) is 8.97. The number of terminal acetylenes is 1. The first-order valence-electron chi connectivity index (χ1n) is 8.09. The lowest BCUT2D eigenvalue weighted by atomic mass is 10.1. The van der Waals surface area contributed by atoms with E-state index in [0.29, 0.717) is 0 Å². The Morgan fingerprint density at radius 1 is 1.20 bits per heavy atom. The number of phosphoric acid groups is 2. The molecule has 3 heterocycles. The molecule has 2 aromatic heterocycles. The third kappa shape index (κ3) is 4.85. The minimum Gasteiger partial charge on any atom is -0.387 e. The predicted molar refractivity (Wildman–Crippen MR) is 97.1 cm³/mol. The zero-order valence-electron chi connectivity index (χ0n) is 15.0. The molecular formula is C13H17N5O10P2. The summed E-state index contributed by atoms with van der Waals surface area (Å²) >= 11 is 0. The van der Waals surface area contributed by atoms with Crippen molar-refractivity contribution in [3.63, 3.8) is 0 Å². The summed E-state index contributed by atoms with van der Waals surface area (Å²) in [6, 6.07) is 0. The molecule has 164 valence electrons. The van der Waals surface area contributed by atoms with Crippen LogP contribution in [0.25, 0.3) is 11.2 Å². The van der Waals surface area contributed by atoms with Gasteiger partial charge in [-0.2, -0.15) is 4.31 Å². The van der Waals surface area contributed by atoms with E-state index in [4.69, 9.17) is 16.9 Å². The molecule has 1 aliphatic rings. The normalized spacial score (nSPS) is 28.1. The van der Waals surface area contributed by atoms with Gasteiger partial charge in [-0.05, 0) is 0 Å². The number of aliphatic hydroxyl groups excluding tert-OH is 2. The maximum atomic E-state index is 11.9. The average molecular weight is 465 g/mol. The number of phosphoric ester groups is 2. The minimum absolute atomic E-state index is 0.0884. The van der Waals surface area contributed by atoms with Gasteiger partial charge in [-0.1, -0.05) is 5.92 Å². The van der Waals surface area contributed by atoms with E-state index >= 15 is 0 Å². The molecule has 2 aromatic rings. The summed E-state index contributed by atoms with van der Waals surface area (Å²) in [6.07, 6.45) is 1.68. The van der Waals surface area contributed by atoms with Crippen LogP contribution in [0.3, 0.4) is 0 Å². The fraction of sp³-hybridized carbons (Fsp3) is 0.462. The van der Waals surface area contributed by atoms with Gasteiger partial charge in [0.25, 0.3) is 0 Å². The molecular weight excluding hydrogens is 448 g/mol. The maximum absolute atomic E-state index is 11.9. The van der Waals surface area contributed by atoms with Crippen LogP contribution in [0.15, 0.2) is 12.7 Å². The molecule has 0 amide bonds. The molecule has 1 aliphatic heterocycles. The SMILES string of the molecule is C#CCOP(=O)(O)OP(=O)(O)OC[C@H]1O[C@@H](n2cnc3c(N)ncnc32)[C@H](O)[C@@H]1O. The van der Waals surface area contributed by atoms with Gasteiger partial charge in [0.1, 0.15) is 36.8 Å². The zero-order chi connectivity index (χ0) is 22.1. The first-order chi connectivity index (χ1) is 14.0. The highest BCUT2D eigenvalue weighted by Gasteiger charge is 2.46. The Morgan fingerprint density at radius 2 is 1.90 bits per heavy atom. The highest BCUT2D eigenvalue weighted by molar-refractivity contribution is 7.61. The molecule has 0 saturated carbocycles. The zero-order valence-corrected chi connectivity index (χ0v) is 16.7. The first-order valence-corrected chi connectivity index (χ1v) is 11.1. The van der Waals surface area contributed by atoms with E-state index in [1.807, 2.05) is 5.92 Å². The van der Waals surface area contributed by atoms with E-state index in [1.54, 1.807) is 0 Å². The third-order valence-corrected chi connectivity index (χ3v) is 6.50. The molecule has 2 unspecified atom stereocenters. The molecule has 0 aromatic carbocycles. The van der Waals surface area contributed by atoms with E-state index in [1.165, 1.54) is 17.2 Å². The lowest BCUT2D eigenvalue weighted by Crippen LogP contribution is -2.33. The number of fused-ring (bicyclic) bond motifs is 1. The number of nitrogens with two attached hydrogens (primary N) is 1. The van der Waals surface area contributed by atoms with Crippen LogP contribution in [0, 0.1) is 12.3 Å². The van der Waals surface area contributed by atoms with Gasteiger partial charge >= 0.3 is 15.6 Å². The summed E-state index contributed by atoms with van der Waals surface area (Å²) in [5.41, 5.74) is 6.15. The Balaban J connectivity index is 1.68. The van der Waals surface area contributed by atoms with Crippen molar-refractivity contribution in [2.45, 2.75) is 24.5 Å². The number of aromatic nitrogens is 4. The Bertz CT molecular complexity index is 1060. The molecule has 0 spiro atoms. The number of nitrogen functional groups attached to an aromatic ring is 1. The van der Waals surface area contributed by atoms with Crippen molar-refractivity contribution in [2.24, 2.45) is 0 Å². The Kier molecular flexibility index (Phi) is 6.56. The van der Waals surface area contributed by atoms with E-state index in [-0.39, 0.29) is 17.0 Å². The van der Waals surface area contributed by atoms with Crippen LogP contribution < -0.4 is 5.73 Å². The molecule has 0 bridgehead atoms. The molecule has 1 saturated heterocycles. The fourth-order valence-corrected chi connectivity index (χ4v) is 4.61. The molecule has 6 N–H and O–H groups in total. The lowest BCUT2D eigenvalue weighted by molar-refractivity contribution is -0.0503. The Hall–Kier alpha value is -1.95. The van der Waals surface area contributed by atoms with Crippen LogP contribution in [-0.2, 0) is 27.2 Å². The number of imidazole rings is 1. The van der Waals surface area contributed by atoms with Gasteiger partial charge in [0.05, 0.1) is 12.9 Å². The number of nitrogens with zero attached hydrogens (tertiary/aromatic N) is 4. The number of anilines is 1. The summed E-state index contributed by atoms with van der Waals surface area (Å²) < 4.78 is 43.0. The summed E-state index contributed by atoms with van der Waals surface area (Å²) in [6.45, 7) is -1.44. The Labute approximate surface area is 168 Å². The number of aliphatic hydroxyl groups is 2. The van der Waals surface area contributed by atoms with Crippen molar-refractivity contribution in [1.29, 1.82) is 0 Å². The van der Waals surface area contributed by atoms with Crippen LogP contribution in [0.4, 0.5) is 5.82 Å². The lowest BCUT2D eigenvalue weighted by Gasteiger charge is -2.18. The summed E-state index contributed by atoms with van der Waals surface area (Å²) in [4.78, 5) is 30.7. The van der Waals surface area contributed by atoms with Gasteiger partial charge in [0, 0.05) is 0 Å². The number of hydrogen-bond donors (Lipinski definition) is 5. The molecule has 30 heavy (non-hydrogen) atoms. The monoisotopic (exact) mass is 465 g/mol. The van der Waals surface area contributed by atoms with Crippen LogP contribution in [0.1, 0.15) is 6.23 Å². The van der Waals surface area contributed by atoms with E-state index < -0.39 is 53.4 Å². The largest absolute Gasteiger partial charge is 0.482 e. The molecule has 0 radical (unpaired) electrons. The number of hydrogen-bond acceptors (Lipinski definition) is 12. The van der Waals surface area contributed by atoms with Gasteiger partial charge in [0.2, 0.25) is 0 Å². The summed E-state index contributed by atoms with van der Waals surface area (Å²) in [7, 11) is -10.1. The summed E-state index contributed by atoms with van der Waals surface area (Å²) in [5.74, 6) is 1.97. The molecule has 3 rings (SSSR count). The second-order valence-electron chi connectivity index (χ2n) is 5.92. The van der Waals surface area contributed by atoms with Crippen LogP contribution in [-0.4, -0.2) is 71.0 Å².